The van der Waals surface area contributed by atoms with Crippen molar-refractivity contribution in [1.82, 2.24) is 5.32 Å². The van der Waals surface area contributed by atoms with Gasteiger partial charge in [-0.3, -0.25) is 0 Å². The quantitative estimate of drug-likeness (QED) is 0.896. The van der Waals surface area contributed by atoms with E-state index in [1.165, 1.54) is 0 Å². The molecule has 0 heterocycles. The van der Waals surface area contributed by atoms with E-state index >= 15 is 0 Å². The van der Waals surface area contributed by atoms with Crippen LogP contribution < -0.4 is 5.32 Å². The van der Waals surface area contributed by atoms with E-state index in [1.807, 2.05) is 7.05 Å². The highest BCUT2D eigenvalue weighted by molar-refractivity contribution is 7.92. The normalized spacial score (nSPS) is 26.7. The van der Waals surface area contributed by atoms with Crippen molar-refractivity contribution in [3.05, 3.63) is 29.3 Å². The van der Waals surface area contributed by atoms with Crippen LogP contribution >= 0.6 is 11.6 Å². The summed E-state index contributed by atoms with van der Waals surface area (Å²) >= 11 is 6.12. The van der Waals surface area contributed by atoms with Crippen molar-refractivity contribution >= 4 is 21.4 Å². The first-order valence-electron chi connectivity index (χ1n) is 7.66. The molecule has 1 saturated carbocycles. The highest BCUT2D eigenvalue weighted by atomic mass is 35.5. The molecule has 0 radical (unpaired) electrons. The molecule has 1 aliphatic rings. The second kappa shape index (κ2) is 7.12. The third-order valence-electron chi connectivity index (χ3n) is 4.51. The number of nitrogens with one attached hydrogen (secondary N) is 1. The molecule has 0 aromatic heterocycles. The lowest BCUT2D eigenvalue weighted by atomic mass is 9.83. The molecule has 1 fully saturated rings. The van der Waals surface area contributed by atoms with Gasteiger partial charge in [-0.05, 0) is 44.4 Å². The molecule has 2 rings (SSSR count). The fraction of sp³-hybridized carbons (Fsp3) is 0.625. The SMILES string of the molecule is CCCC1CCC(NC)C(S(=O)(=O)c2ccccc2Cl)C1. The Bertz CT molecular complexity index is 573. The minimum Gasteiger partial charge on any atom is -0.316 e. The summed E-state index contributed by atoms with van der Waals surface area (Å²) in [6.07, 6.45) is 4.95. The molecule has 3 atom stereocenters. The lowest BCUT2D eigenvalue weighted by molar-refractivity contribution is 0.288. The zero-order chi connectivity index (χ0) is 15.5. The highest BCUT2D eigenvalue weighted by Crippen LogP contribution is 2.36. The Kier molecular flexibility index (Phi) is 5.69. The Morgan fingerprint density at radius 1 is 1.29 bits per heavy atom. The molecule has 0 bridgehead atoms. The molecule has 0 saturated heterocycles. The predicted molar refractivity (Wildman–Crippen MR) is 87.5 cm³/mol. The molecule has 3 nitrogen and oxygen atoms in total. The van der Waals surface area contributed by atoms with Crippen molar-refractivity contribution in [2.45, 2.75) is 55.2 Å². The topological polar surface area (TPSA) is 46.2 Å². The van der Waals surface area contributed by atoms with Crippen LogP contribution in [0, 0.1) is 5.92 Å². The zero-order valence-electron chi connectivity index (χ0n) is 12.7. The summed E-state index contributed by atoms with van der Waals surface area (Å²) in [7, 11) is -1.55. The summed E-state index contributed by atoms with van der Waals surface area (Å²) in [4.78, 5) is 0.272. The van der Waals surface area contributed by atoms with Crippen molar-refractivity contribution in [2.75, 3.05) is 7.05 Å². The second-order valence-electron chi connectivity index (χ2n) is 5.88. The van der Waals surface area contributed by atoms with Gasteiger partial charge in [0.25, 0.3) is 0 Å². The molecule has 1 N–H and O–H groups in total. The molecular weight excluding hydrogens is 306 g/mol. The lowest BCUT2D eigenvalue weighted by Crippen LogP contribution is -2.46. The zero-order valence-corrected chi connectivity index (χ0v) is 14.3. The summed E-state index contributed by atoms with van der Waals surface area (Å²) in [6.45, 7) is 2.15. The summed E-state index contributed by atoms with van der Waals surface area (Å²) in [6, 6.07) is 6.78. The van der Waals surface area contributed by atoms with Crippen LogP contribution in [0.25, 0.3) is 0 Å². The van der Waals surface area contributed by atoms with Crippen LogP contribution in [0.1, 0.15) is 39.0 Å². The van der Waals surface area contributed by atoms with E-state index in [2.05, 4.69) is 12.2 Å². The second-order valence-corrected chi connectivity index (χ2v) is 8.42. The maximum atomic E-state index is 13.0. The van der Waals surface area contributed by atoms with Gasteiger partial charge >= 0.3 is 0 Å². The Labute approximate surface area is 133 Å². The fourth-order valence-corrected chi connectivity index (χ4v) is 6.02. The van der Waals surface area contributed by atoms with E-state index in [9.17, 15) is 8.42 Å². The maximum absolute atomic E-state index is 13.0. The van der Waals surface area contributed by atoms with E-state index in [0.29, 0.717) is 10.9 Å². The van der Waals surface area contributed by atoms with Gasteiger partial charge in [0.2, 0.25) is 0 Å². The number of halogens is 1. The molecule has 1 aromatic carbocycles. The van der Waals surface area contributed by atoms with Gasteiger partial charge in [0.15, 0.2) is 9.84 Å². The molecule has 0 amide bonds. The third kappa shape index (κ3) is 3.61. The van der Waals surface area contributed by atoms with Crippen LogP contribution in [0.3, 0.4) is 0 Å². The molecular formula is C16H24ClNO2S. The monoisotopic (exact) mass is 329 g/mol. The summed E-state index contributed by atoms with van der Waals surface area (Å²) in [5.41, 5.74) is 0. The third-order valence-corrected chi connectivity index (χ3v) is 7.24. The van der Waals surface area contributed by atoms with E-state index < -0.39 is 9.84 Å². The van der Waals surface area contributed by atoms with Gasteiger partial charge in [-0.2, -0.15) is 0 Å². The summed E-state index contributed by atoms with van der Waals surface area (Å²) < 4.78 is 26.0. The number of rotatable bonds is 5. The number of hydrogen-bond donors (Lipinski definition) is 1. The van der Waals surface area contributed by atoms with Gasteiger partial charge < -0.3 is 5.32 Å². The Morgan fingerprint density at radius 2 is 2.00 bits per heavy atom. The highest BCUT2D eigenvalue weighted by Gasteiger charge is 2.39. The van der Waals surface area contributed by atoms with Gasteiger partial charge in [-0.15, -0.1) is 0 Å². The molecule has 0 aliphatic heterocycles. The molecule has 0 spiro atoms. The molecule has 118 valence electrons. The van der Waals surface area contributed by atoms with Crippen LogP contribution in [0.2, 0.25) is 5.02 Å². The number of hydrogen-bond acceptors (Lipinski definition) is 3. The number of sulfone groups is 1. The lowest BCUT2D eigenvalue weighted by Gasteiger charge is -2.35. The van der Waals surface area contributed by atoms with Crippen LogP contribution in [0.4, 0.5) is 0 Å². The average molecular weight is 330 g/mol. The summed E-state index contributed by atoms with van der Waals surface area (Å²) in [5, 5.41) is 3.13. The van der Waals surface area contributed by atoms with E-state index in [0.717, 1.165) is 32.1 Å². The van der Waals surface area contributed by atoms with Crippen molar-refractivity contribution in [1.29, 1.82) is 0 Å². The van der Waals surface area contributed by atoms with E-state index in [-0.39, 0.29) is 16.2 Å². The van der Waals surface area contributed by atoms with Crippen molar-refractivity contribution in [2.24, 2.45) is 5.92 Å². The first-order valence-corrected chi connectivity index (χ1v) is 9.58. The van der Waals surface area contributed by atoms with Gasteiger partial charge in [-0.1, -0.05) is 43.5 Å². The smallest absolute Gasteiger partial charge is 0.184 e. The van der Waals surface area contributed by atoms with Crippen molar-refractivity contribution in [3.63, 3.8) is 0 Å². The van der Waals surface area contributed by atoms with Crippen LogP contribution in [-0.4, -0.2) is 26.8 Å². The Balaban J connectivity index is 2.33. The number of benzene rings is 1. The van der Waals surface area contributed by atoms with Gasteiger partial charge in [0.1, 0.15) is 0 Å². The standard InChI is InChI=1S/C16H24ClNO2S/c1-3-6-12-9-10-14(18-2)16(11-12)21(19,20)15-8-5-4-7-13(15)17/h4-5,7-8,12,14,16,18H,3,6,9-11H2,1-2H3. The van der Waals surface area contributed by atoms with Crippen molar-refractivity contribution in [3.8, 4) is 0 Å². The van der Waals surface area contributed by atoms with Crippen LogP contribution in [-0.2, 0) is 9.84 Å². The molecule has 21 heavy (non-hydrogen) atoms. The van der Waals surface area contributed by atoms with E-state index in [4.69, 9.17) is 11.6 Å². The van der Waals surface area contributed by atoms with Gasteiger partial charge in [-0.25, -0.2) is 8.42 Å². The van der Waals surface area contributed by atoms with Gasteiger partial charge in [0.05, 0.1) is 15.2 Å². The fourth-order valence-electron chi connectivity index (χ4n) is 3.39. The first-order chi connectivity index (χ1) is 10.0. The van der Waals surface area contributed by atoms with Crippen LogP contribution in [0.5, 0.6) is 0 Å². The minimum atomic E-state index is -3.40. The van der Waals surface area contributed by atoms with Crippen molar-refractivity contribution < 1.29 is 8.42 Å². The minimum absolute atomic E-state index is 0.0133. The molecule has 1 aliphatic carbocycles. The van der Waals surface area contributed by atoms with E-state index in [1.54, 1.807) is 24.3 Å². The predicted octanol–water partition coefficient (Wildman–Crippen LogP) is 3.67. The van der Waals surface area contributed by atoms with Crippen LogP contribution in [0.15, 0.2) is 29.2 Å². The molecule has 1 aromatic rings. The molecule has 3 unspecified atom stereocenters. The average Bonchev–Trinajstić information content (AvgIpc) is 2.48. The Hall–Kier alpha value is -0.580. The maximum Gasteiger partial charge on any atom is 0.184 e. The van der Waals surface area contributed by atoms with Gasteiger partial charge in [0, 0.05) is 6.04 Å². The Morgan fingerprint density at radius 3 is 2.62 bits per heavy atom. The first kappa shape index (κ1) is 16.8. The summed E-state index contributed by atoms with van der Waals surface area (Å²) in [5.74, 6) is 0.502. The largest absolute Gasteiger partial charge is 0.316 e. The molecule has 5 heteroatoms.